The number of rotatable bonds is 5. The van der Waals surface area contributed by atoms with Crippen LogP contribution in [0.3, 0.4) is 0 Å². The Hall–Kier alpha value is -3.56. The van der Waals surface area contributed by atoms with Crippen molar-refractivity contribution in [2.45, 2.75) is 24.9 Å². The van der Waals surface area contributed by atoms with Crippen molar-refractivity contribution >= 4 is 16.9 Å². The van der Waals surface area contributed by atoms with E-state index in [2.05, 4.69) is 25.2 Å². The van der Waals surface area contributed by atoms with Crippen molar-refractivity contribution in [2.75, 3.05) is 31.9 Å². The topological polar surface area (TPSA) is 107 Å². The summed E-state index contributed by atoms with van der Waals surface area (Å²) in [5, 5.41) is 9.13. The van der Waals surface area contributed by atoms with Crippen LogP contribution in [0.1, 0.15) is 18.9 Å². The molecule has 2 aliphatic rings. The minimum atomic E-state index is 0.286. The Labute approximate surface area is 191 Å². The van der Waals surface area contributed by atoms with Gasteiger partial charge in [0, 0.05) is 50.0 Å². The number of ether oxygens (including phenoxy) is 1. The lowest BCUT2D eigenvalue weighted by Crippen LogP contribution is -2.58. The van der Waals surface area contributed by atoms with Gasteiger partial charge in [-0.2, -0.15) is 5.10 Å². The fraction of sp³-hybridized carbons (Fsp3) is 0.333. The van der Waals surface area contributed by atoms with Crippen LogP contribution in [-0.4, -0.2) is 61.9 Å². The van der Waals surface area contributed by atoms with E-state index in [4.69, 9.17) is 15.6 Å². The molecule has 9 heteroatoms. The number of nitrogens with one attached hydrogen (secondary N) is 1. The smallest absolute Gasteiger partial charge is 0.219 e. The average molecular weight is 443 g/mol. The molecule has 0 atom stereocenters. The van der Waals surface area contributed by atoms with E-state index >= 15 is 0 Å². The molecular weight excluding hydrogens is 416 g/mol. The summed E-state index contributed by atoms with van der Waals surface area (Å²) in [6, 6.07) is 14.4. The minimum absolute atomic E-state index is 0.286. The number of nitrogens with two attached hydrogens (primary N) is 1. The summed E-state index contributed by atoms with van der Waals surface area (Å²) in [6.07, 6.45) is 5.37. The minimum Gasteiger partial charge on any atom is -0.439 e. The van der Waals surface area contributed by atoms with Gasteiger partial charge in [0.25, 0.3) is 0 Å². The van der Waals surface area contributed by atoms with Crippen molar-refractivity contribution in [3.05, 3.63) is 55.0 Å². The van der Waals surface area contributed by atoms with E-state index < -0.39 is 0 Å². The van der Waals surface area contributed by atoms with E-state index in [1.807, 2.05) is 47.1 Å². The second-order valence-corrected chi connectivity index (χ2v) is 8.63. The summed E-state index contributed by atoms with van der Waals surface area (Å²) < 4.78 is 7.88. The number of likely N-dealkylation sites (tertiary alicyclic amines) is 1. The summed E-state index contributed by atoms with van der Waals surface area (Å²) in [5.74, 6) is 1.70. The molecule has 0 bridgehead atoms. The fourth-order valence-corrected chi connectivity index (χ4v) is 4.67. The van der Waals surface area contributed by atoms with Gasteiger partial charge in [-0.15, -0.1) is 0 Å². The van der Waals surface area contributed by atoms with E-state index in [-0.39, 0.29) is 6.04 Å². The molecule has 3 aromatic heterocycles. The SMILES string of the molecule is Nc1ncnc2c1c(-c1ccc(Oc3ccccc3)nc1)nn2C1CCN(C2CNC2)CC1. The number of para-hydroxylation sites is 1. The third kappa shape index (κ3) is 3.79. The summed E-state index contributed by atoms with van der Waals surface area (Å²) in [4.78, 5) is 15.9. The zero-order valence-electron chi connectivity index (χ0n) is 18.3. The maximum Gasteiger partial charge on any atom is 0.219 e. The molecule has 168 valence electrons. The average Bonchev–Trinajstić information content (AvgIpc) is 3.21. The molecule has 0 amide bonds. The fourth-order valence-electron chi connectivity index (χ4n) is 4.67. The molecule has 0 unspecified atom stereocenters. The Bertz CT molecular complexity index is 1240. The van der Waals surface area contributed by atoms with Gasteiger partial charge in [-0.25, -0.2) is 19.6 Å². The number of anilines is 1. The van der Waals surface area contributed by atoms with Crippen LogP contribution in [0.2, 0.25) is 0 Å². The molecule has 0 saturated carbocycles. The third-order valence-electron chi connectivity index (χ3n) is 6.61. The van der Waals surface area contributed by atoms with Gasteiger partial charge in [-0.3, -0.25) is 4.90 Å². The number of nitrogen functional groups attached to an aromatic ring is 1. The lowest BCUT2D eigenvalue weighted by atomic mass is 10.0. The van der Waals surface area contributed by atoms with Crippen molar-refractivity contribution in [3.63, 3.8) is 0 Å². The zero-order chi connectivity index (χ0) is 22.2. The molecule has 0 aliphatic carbocycles. The summed E-state index contributed by atoms with van der Waals surface area (Å²) in [6.45, 7) is 4.34. The molecule has 4 aromatic rings. The molecule has 33 heavy (non-hydrogen) atoms. The van der Waals surface area contributed by atoms with Gasteiger partial charge >= 0.3 is 0 Å². The lowest BCUT2D eigenvalue weighted by Gasteiger charge is -2.42. The molecule has 6 rings (SSSR count). The molecule has 0 spiro atoms. The predicted octanol–water partition coefficient (Wildman–Crippen LogP) is 2.87. The monoisotopic (exact) mass is 442 g/mol. The van der Waals surface area contributed by atoms with E-state index in [1.165, 1.54) is 6.33 Å². The first-order valence-corrected chi connectivity index (χ1v) is 11.4. The third-order valence-corrected chi connectivity index (χ3v) is 6.61. The van der Waals surface area contributed by atoms with Gasteiger partial charge < -0.3 is 15.8 Å². The van der Waals surface area contributed by atoms with Crippen LogP contribution in [0.4, 0.5) is 5.82 Å². The first-order valence-electron chi connectivity index (χ1n) is 11.4. The highest BCUT2D eigenvalue weighted by atomic mass is 16.5. The van der Waals surface area contributed by atoms with Crippen LogP contribution in [0.25, 0.3) is 22.3 Å². The number of hydrogen-bond donors (Lipinski definition) is 2. The Morgan fingerprint density at radius 3 is 2.45 bits per heavy atom. The first kappa shape index (κ1) is 20.1. The molecule has 9 nitrogen and oxygen atoms in total. The van der Waals surface area contributed by atoms with Crippen LogP contribution >= 0.6 is 0 Å². The number of hydrogen-bond acceptors (Lipinski definition) is 8. The van der Waals surface area contributed by atoms with Crippen LogP contribution in [-0.2, 0) is 0 Å². The van der Waals surface area contributed by atoms with Crippen molar-refractivity contribution in [1.29, 1.82) is 0 Å². The highest BCUT2D eigenvalue weighted by molar-refractivity contribution is 5.98. The molecule has 1 aromatic carbocycles. The predicted molar refractivity (Wildman–Crippen MR) is 126 cm³/mol. The van der Waals surface area contributed by atoms with Gasteiger partial charge in [0.1, 0.15) is 23.6 Å². The van der Waals surface area contributed by atoms with Gasteiger partial charge in [0.05, 0.1) is 11.4 Å². The molecular formula is C24H26N8O. The van der Waals surface area contributed by atoms with Crippen molar-refractivity contribution < 1.29 is 4.74 Å². The molecule has 0 radical (unpaired) electrons. The van der Waals surface area contributed by atoms with E-state index in [1.54, 1.807) is 6.20 Å². The second-order valence-electron chi connectivity index (χ2n) is 8.63. The van der Waals surface area contributed by atoms with Crippen LogP contribution in [0.15, 0.2) is 55.0 Å². The standard InChI is InChI=1S/C24H26N8O/c25-23-21-22(16-6-7-20(27-12-16)33-19-4-2-1-3-5-19)30-32(24(21)29-15-28-23)17-8-10-31(11-9-17)18-13-26-14-18/h1-7,12,15,17-18,26H,8-11,13-14H2,(H2,25,28,29). The Balaban J connectivity index is 1.29. The largest absolute Gasteiger partial charge is 0.439 e. The molecule has 5 heterocycles. The van der Waals surface area contributed by atoms with Gasteiger partial charge in [0.15, 0.2) is 5.65 Å². The summed E-state index contributed by atoms with van der Waals surface area (Å²) in [5.41, 5.74) is 8.69. The first-order chi connectivity index (χ1) is 16.3. The van der Waals surface area contributed by atoms with Crippen molar-refractivity contribution in [2.24, 2.45) is 0 Å². The number of pyridine rings is 1. The van der Waals surface area contributed by atoms with E-state index in [0.29, 0.717) is 17.7 Å². The second kappa shape index (κ2) is 8.42. The Morgan fingerprint density at radius 2 is 1.76 bits per heavy atom. The highest BCUT2D eigenvalue weighted by Crippen LogP contribution is 2.34. The van der Waals surface area contributed by atoms with E-state index in [9.17, 15) is 0 Å². The maximum absolute atomic E-state index is 6.29. The van der Waals surface area contributed by atoms with Crippen LogP contribution in [0, 0.1) is 0 Å². The number of benzene rings is 1. The Kier molecular flexibility index (Phi) is 5.12. The van der Waals surface area contributed by atoms with Gasteiger partial charge in [0.2, 0.25) is 5.88 Å². The quantitative estimate of drug-likeness (QED) is 0.486. The van der Waals surface area contributed by atoms with Gasteiger partial charge in [-0.05, 0) is 31.0 Å². The normalized spacial score (nSPS) is 17.8. The lowest BCUT2D eigenvalue weighted by molar-refractivity contribution is 0.0990. The summed E-state index contributed by atoms with van der Waals surface area (Å²) >= 11 is 0. The maximum atomic E-state index is 6.29. The molecule has 3 N–H and O–H groups in total. The van der Waals surface area contributed by atoms with Crippen molar-refractivity contribution in [3.8, 4) is 22.9 Å². The summed E-state index contributed by atoms with van der Waals surface area (Å²) in [7, 11) is 0. The Morgan fingerprint density at radius 1 is 0.939 bits per heavy atom. The number of fused-ring (bicyclic) bond motifs is 1. The van der Waals surface area contributed by atoms with Crippen LogP contribution < -0.4 is 15.8 Å². The van der Waals surface area contributed by atoms with Crippen LogP contribution in [0.5, 0.6) is 11.6 Å². The zero-order valence-corrected chi connectivity index (χ0v) is 18.3. The highest BCUT2D eigenvalue weighted by Gasteiger charge is 2.31. The number of aromatic nitrogens is 5. The number of nitrogens with zero attached hydrogens (tertiary/aromatic N) is 6. The molecule has 2 aliphatic heterocycles. The number of piperidine rings is 1. The molecule has 2 fully saturated rings. The van der Waals surface area contributed by atoms with Crippen molar-refractivity contribution in [1.82, 2.24) is 34.9 Å². The van der Waals surface area contributed by atoms with E-state index in [0.717, 1.165) is 67.1 Å². The van der Waals surface area contributed by atoms with Gasteiger partial charge in [-0.1, -0.05) is 18.2 Å². The molecule has 2 saturated heterocycles.